The molecule has 0 fully saturated rings. The zero-order valence-corrected chi connectivity index (χ0v) is 13.1. The minimum atomic E-state index is -0.436. The molecule has 0 saturated heterocycles. The zero-order valence-electron chi connectivity index (χ0n) is 13.1. The van der Waals surface area contributed by atoms with E-state index >= 15 is 0 Å². The van der Waals surface area contributed by atoms with Crippen molar-refractivity contribution in [3.05, 3.63) is 39.4 Å². The normalized spacial score (nSPS) is 10.4. The molecule has 0 aliphatic carbocycles. The molecular weight excluding hydrogens is 268 g/mol. The SMILES string of the molecule is CCCCN(CCCC)C(=O)c1cccc([N+](=O)[O-])c1C. The van der Waals surface area contributed by atoms with Gasteiger partial charge in [-0.25, -0.2) is 0 Å². The smallest absolute Gasteiger partial charge is 0.273 e. The molecule has 0 bridgehead atoms. The number of carbonyl (C=O) groups excluding carboxylic acids is 1. The highest BCUT2D eigenvalue weighted by atomic mass is 16.6. The van der Waals surface area contributed by atoms with Crippen molar-refractivity contribution in [1.82, 2.24) is 4.90 Å². The maximum Gasteiger partial charge on any atom is 0.273 e. The Bertz CT molecular complexity index is 492. The highest BCUT2D eigenvalue weighted by Crippen LogP contribution is 2.22. The van der Waals surface area contributed by atoms with Gasteiger partial charge in [0.1, 0.15) is 0 Å². The lowest BCUT2D eigenvalue weighted by Gasteiger charge is -2.23. The first-order chi connectivity index (χ1) is 10.0. The lowest BCUT2D eigenvalue weighted by Crippen LogP contribution is -2.33. The fourth-order valence-corrected chi connectivity index (χ4v) is 2.24. The fourth-order valence-electron chi connectivity index (χ4n) is 2.24. The van der Waals surface area contributed by atoms with Crippen molar-refractivity contribution in [2.24, 2.45) is 0 Å². The number of nitro groups is 1. The molecule has 0 aromatic heterocycles. The van der Waals surface area contributed by atoms with Gasteiger partial charge in [0.25, 0.3) is 11.6 Å². The maximum atomic E-state index is 12.7. The molecule has 5 nitrogen and oxygen atoms in total. The first kappa shape index (κ1) is 17.1. The summed E-state index contributed by atoms with van der Waals surface area (Å²) in [6, 6.07) is 4.69. The topological polar surface area (TPSA) is 63.5 Å². The van der Waals surface area contributed by atoms with Gasteiger partial charge in [-0.15, -0.1) is 0 Å². The van der Waals surface area contributed by atoms with Crippen LogP contribution in [0.5, 0.6) is 0 Å². The van der Waals surface area contributed by atoms with Gasteiger partial charge in [0.05, 0.1) is 4.92 Å². The van der Waals surface area contributed by atoms with Gasteiger partial charge in [0.2, 0.25) is 0 Å². The highest BCUT2D eigenvalue weighted by Gasteiger charge is 2.21. The molecule has 116 valence electrons. The van der Waals surface area contributed by atoms with E-state index in [1.807, 2.05) is 4.90 Å². The Morgan fingerprint density at radius 3 is 2.24 bits per heavy atom. The summed E-state index contributed by atoms with van der Waals surface area (Å²) in [5.74, 6) is -0.0990. The van der Waals surface area contributed by atoms with Crippen LogP contribution in [-0.4, -0.2) is 28.8 Å². The summed E-state index contributed by atoms with van der Waals surface area (Å²) < 4.78 is 0. The largest absolute Gasteiger partial charge is 0.339 e. The molecule has 5 heteroatoms. The van der Waals surface area contributed by atoms with E-state index in [9.17, 15) is 14.9 Å². The van der Waals surface area contributed by atoms with Gasteiger partial charge in [-0.1, -0.05) is 32.8 Å². The van der Waals surface area contributed by atoms with Crippen LogP contribution in [-0.2, 0) is 0 Å². The van der Waals surface area contributed by atoms with E-state index < -0.39 is 4.92 Å². The molecule has 1 amide bonds. The van der Waals surface area contributed by atoms with E-state index in [0.29, 0.717) is 24.2 Å². The minimum Gasteiger partial charge on any atom is -0.339 e. The molecular formula is C16H24N2O3. The first-order valence-electron chi connectivity index (χ1n) is 7.56. The molecule has 0 unspecified atom stereocenters. The van der Waals surface area contributed by atoms with Gasteiger partial charge in [-0.2, -0.15) is 0 Å². The molecule has 0 aliphatic rings. The van der Waals surface area contributed by atoms with Gasteiger partial charge in [-0.3, -0.25) is 14.9 Å². The summed E-state index contributed by atoms with van der Waals surface area (Å²) in [6.45, 7) is 7.22. The number of hydrogen-bond acceptors (Lipinski definition) is 3. The van der Waals surface area contributed by atoms with Crippen LogP contribution in [0.1, 0.15) is 55.5 Å². The van der Waals surface area contributed by atoms with Crippen LogP contribution in [0.3, 0.4) is 0 Å². The molecule has 1 aromatic rings. The van der Waals surface area contributed by atoms with Gasteiger partial charge >= 0.3 is 0 Å². The van der Waals surface area contributed by atoms with Gasteiger partial charge in [-0.05, 0) is 25.8 Å². The average Bonchev–Trinajstić information content (AvgIpc) is 2.46. The number of carbonyl (C=O) groups is 1. The van der Waals surface area contributed by atoms with Crippen molar-refractivity contribution in [3.8, 4) is 0 Å². The van der Waals surface area contributed by atoms with Crippen molar-refractivity contribution in [1.29, 1.82) is 0 Å². The van der Waals surface area contributed by atoms with E-state index in [0.717, 1.165) is 25.7 Å². The lowest BCUT2D eigenvalue weighted by molar-refractivity contribution is -0.385. The second-order valence-corrected chi connectivity index (χ2v) is 5.21. The average molecular weight is 292 g/mol. The predicted octanol–water partition coefficient (Wildman–Crippen LogP) is 3.95. The summed E-state index contributed by atoms with van der Waals surface area (Å²) in [5.41, 5.74) is 0.897. The molecule has 1 rings (SSSR count). The molecule has 21 heavy (non-hydrogen) atoms. The van der Waals surface area contributed by atoms with E-state index in [1.165, 1.54) is 6.07 Å². The second kappa shape index (κ2) is 8.39. The number of hydrogen-bond donors (Lipinski definition) is 0. The van der Waals surface area contributed by atoms with Crippen LogP contribution in [0.2, 0.25) is 0 Å². The van der Waals surface area contributed by atoms with E-state index in [2.05, 4.69) is 13.8 Å². The van der Waals surface area contributed by atoms with Gasteiger partial charge < -0.3 is 4.90 Å². The Balaban J connectivity index is 3.02. The van der Waals surface area contributed by atoms with Crippen LogP contribution in [0.15, 0.2) is 18.2 Å². The van der Waals surface area contributed by atoms with Gasteiger partial charge in [0, 0.05) is 30.3 Å². The number of unbranched alkanes of at least 4 members (excludes halogenated alkanes) is 2. The third kappa shape index (κ3) is 4.55. The monoisotopic (exact) mass is 292 g/mol. The van der Waals surface area contributed by atoms with Crippen molar-refractivity contribution >= 4 is 11.6 Å². The van der Waals surface area contributed by atoms with E-state index in [1.54, 1.807) is 19.1 Å². The zero-order chi connectivity index (χ0) is 15.8. The number of nitro benzene ring substituents is 1. The van der Waals surface area contributed by atoms with Crippen LogP contribution < -0.4 is 0 Å². The summed E-state index contributed by atoms with van der Waals surface area (Å²) in [6.07, 6.45) is 3.93. The third-order valence-corrected chi connectivity index (χ3v) is 3.58. The minimum absolute atomic E-state index is 0.00628. The molecule has 0 spiro atoms. The van der Waals surface area contributed by atoms with Crippen LogP contribution in [0, 0.1) is 17.0 Å². The molecule has 1 aromatic carbocycles. The first-order valence-corrected chi connectivity index (χ1v) is 7.56. The van der Waals surface area contributed by atoms with Crippen LogP contribution in [0.25, 0.3) is 0 Å². The number of amides is 1. The van der Waals surface area contributed by atoms with E-state index in [4.69, 9.17) is 0 Å². The second-order valence-electron chi connectivity index (χ2n) is 5.21. The Morgan fingerprint density at radius 2 is 1.76 bits per heavy atom. The highest BCUT2D eigenvalue weighted by molar-refractivity contribution is 5.96. The quantitative estimate of drug-likeness (QED) is 0.538. The Hall–Kier alpha value is -1.91. The number of rotatable bonds is 8. The summed E-state index contributed by atoms with van der Waals surface area (Å²) in [7, 11) is 0. The van der Waals surface area contributed by atoms with Crippen molar-refractivity contribution < 1.29 is 9.72 Å². The summed E-state index contributed by atoms with van der Waals surface area (Å²) >= 11 is 0. The molecule has 0 atom stereocenters. The summed E-state index contributed by atoms with van der Waals surface area (Å²) in [4.78, 5) is 25.0. The number of nitrogens with zero attached hydrogens (tertiary/aromatic N) is 2. The Labute approximate surface area is 126 Å². The maximum absolute atomic E-state index is 12.7. The number of benzene rings is 1. The van der Waals surface area contributed by atoms with Crippen LogP contribution >= 0.6 is 0 Å². The molecule has 0 heterocycles. The standard InChI is InChI=1S/C16H24N2O3/c1-4-6-11-17(12-7-5-2)16(19)14-9-8-10-15(13(14)3)18(20)21/h8-10H,4-7,11-12H2,1-3H3. The summed E-state index contributed by atoms with van der Waals surface area (Å²) in [5, 5.41) is 11.0. The Kier molecular flexibility index (Phi) is 6.85. The lowest BCUT2D eigenvalue weighted by atomic mass is 10.1. The molecule has 0 saturated carbocycles. The molecule has 0 aliphatic heterocycles. The van der Waals surface area contributed by atoms with Crippen LogP contribution in [0.4, 0.5) is 5.69 Å². The molecule has 0 radical (unpaired) electrons. The van der Waals surface area contributed by atoms with Crippen molar-refractivity contribution in [2.45, 2.75) is 46.5 Å². The van der Waals surface area contributed by atoms with Gasteiger partial charge in [0.15, 0.2) is 0 Å². The Morgan fingerprint density at radius 1 is 1.19 bits per heavy atom. The molecule has 0 N–H and O–H groups in total. The van der Waals surface area contributed by atoms with Crippen molar-refractivity contribution in [3.63, 3.8) is 0 Å². The predicted molar refractivity (Wildman–Crippen MR) is 83.6 cm³/mol. The third-order valence-electron chi connectivity index (χ3n) is 3.58. The fraction of sp³-hybridized carbons (Fsp3) is 0.562. The van der Waals surface area contributed by atoms with Crippen molar-refractivity contribution in [2.75, 3.05) is 13.1 Å². The van der Waals surface area contributed by atoms with E-state index in [-0.39, 0.29) is 11.6 Å².